The molecule has 0 aliphatic heterocycles. The second-order valence-corrected chi connectivity index (χ2v) is 6.92. The molecule has 0 aromatic rings. The fourth-order valence-electron chi connectivity index (χ4n) is 4.76. The number of rotatable bonds is 4. The van der Waals surface area contributed by atoms with E-state index < -0.39 is 22.8 Å². The Labute approximate surface area is 126 Å². The molecule has 2 unspecified atom stereocenters. The molecule has 0 bridgehead atoms. The molecular weight excluding hydrogens is 268 g/mol. The Kier molecular flexibility index (Phi) is 4.45. The van der Waals surface area contributed by atoms with Gasteiger partial charge in [0.25, 0.3) is 0 Å². The van der Waals surface area contributed by atoms with Crippen molar-refractivity contribution in [3.8, 4) is 0 Å². The Hall–Kier alpha value is -1.32. The predicted molar refractivity (Wildman–Crippen MR) is 79.9 cm³/mol. The first-order chi connectivity index (χ1) is 9.89. The fourth-order valence-corrected chi connectivity index (χ4v) is 4.76. The number of carboxylic acids is 2. The molecule has 2 aliphatic carbocycles. The van der Waals surface area contributed by atoms with E-state index in [1.54, 1.807) is 0 Å². The first-order valence-corrected chi connectivity index (χ1v) is 8.01. The highest BCUT2D eigenvalue weighted by Gasteiger charge is 2.65. The lowest BCUT2D eigenvalue weighted by molar-refractivity contribution is -0.189. The lowest BCUT2D eigenvalue weighted by Gasteiger charge is -2.53. The first-order valence-electron chi connectivity index (χ1n) is 8.01. The molecule has 118 valence electrons. The van der Waals surface area contributed by atoms with Crippen LogP contribution in [0.1, 0.15) is 58.8 Å². The second kappa shape index (κ2) is 5.82. The van der Waals surface area contributed by atoms with E-state index in [0.29, 0.717) is 12.8 Å². The van der Waals surface area contributed by atoms with Crippen molar-refractivity contribution >= 4 is 11.9 Å². The van der Waals surface area contributed by atoms with E-state index in [2.05, 4.69) is 0 Å². The standard InChI is InChI=1S/C17H26O4/c1-12(2)16(14(18)19)10-6-7-11-17(16,15(20)21)13-8-4-3-5-9-13/h6-7,12-13H,3-5,8-11H2,1-2H3,(H,18,19)(H,20,21). The van der Waals surface area contributed by atoms with Crippen molar-refractivity contribution in [2.45, 2.75) is 58.8 Å². The van der Waals surface area contributed by atoms with Crippen LogP contribution in [-0.4, -0.2) is 22.2 Å². The smallest absolute Gasteiger partial charge is 0.311 e. The average molecular weight is 294 g/mol. The van der Waals surface area contributed by atoms with Crippen LogP contribution in [0.3, 0.4) is 0 Å². The molecule has 1 saturated carbocycles. The van der Waals surface area contributed by atoms with Crippen LogP contribution in [0.2, 0.25) is 0 Å². The summed E-state index contributed by atoms with van der Waals surface area (Å²) in [5, 5.41) is 20.1. The lowest BCUT2D eigenvalue weighted by atomic mass is 9.47. The Balaban J connectivity index is 2.61. The predicted octanol–water partition coefficient (Wildman–Crippen LogP) is 3.71. The summed E-state index contributed by atoms with van der Waals surface area (Å²) in [5.74, 6) is -2.12. The highest BCUT2D eigenvalue weighted by Crippen LogP contribution is 2.60. The summed E-state index contributed by atoms with van der Waals surface area (Å²) in [7, 11) is 0. The van der Waals surface area contributed by atoms with Crippen molar-refractivity contribution in [2.75, 3.05) is 0 Å². The SMILES string of the molecule is CC(C)C1(C(=O)O)CC=CCC1(C(=O)O)C1CCCCC1. The van der Waals surface area contributed by atoms with Gasteiger partial charge in [-0.3, -0.25) is 9.59 Å². The zero-order valence-electron chi connectivity index (χ0n) is 13.0. The Morgan fingerprint density at radius 3 is 2.05 bits per heavy atom. The van der Waals surface area contributed by atoms with E-state index in [-0.39, 0.29) is 11.8 Å². The van der Waals surface area contributed by atoms with E-state index in [9.17, 15) is 19.8 Å². The third kappa shape index (κ3) is 2.19. The number of aliphatic carboxylic acids is 2. The van der Waals surface area contributed by atoms with Crippen LogP contribution in [0.15, 0.2) is 12.2 Å². The van der Waals surface area contributed by atoms with E-state index >= 15 is 0 Å². The normalized spacial score (nSPS) is 34.0. The fraction of sp³-hybridized carbons (Fsp3) is 0.765. The van der Waals surface area contributed by atoms with Gasteiger partial charge < -0.3 is 10.2 Å². The maximum absolute atomic E-state index is 12.3. The topological polar surface area (TPSA) is 74.6 Å². The van der Waals surface area contributed by atoms with E-state index in [0.717, 1.165) is 32.1 Å². The van der Waals surface area contributed by atoms with Gasteiger partial charge in [0, 0.05) is 0 Å². The van der Waals surface area contributed by atoms with Crippen LogP contribution in [0.5, 0.6) is 0 Å². The van der Waals surface area contributed by atoms with Crippen LogP contribution in [0.25, 0.3) is 0 Å². The molecule has 2 aliphatic rings. The molecule has 0 saturated heterocycles. The minimum atomic E-state index is -1.20. The zero-order valence-corrected chi connectivity index (χ0v) is 13.0. The van der Waals surface area contributed by atoms with Crippen molar-refractivity contribution in [1.29, 1.82) is 0 Å². The number of hydrogen-bond acceptors (Lipinski definition) is 2. The van der Waals surface area contributed by atoms with Gasteiger partial charge in [0.1, 0.15) is 0 Å². The number of carboxylic acid groups (broad SMARTS) is 2. The highest BCUT2D eigenvalue weighted by molar-refractivity contribution is 5.88. The monoisotopic (exact) mass is 294 g/mol. The van der Waals surface area contributed by atoms with Gasteiger partial charge in [-0.25, -0.2) is 0 Å². The van der Waals surface area contributed by atoms with Crippen molar-refractivity contribution in [2.24, 2.45) is 22.7 Å². The van der Waals surface area contributed by atoms with Crippen molar-refractivity contribution < 1.29 is 19.8 Å². The molecule has 0 aromatic carbocycles. The van der Waals surface area contributed by atoms with Gasteiger partial charge >= 0.3 is 11.9 Å². The summed E-state index contributed by atoms with van der Waals surface area (Å²) in [6.07, 6.45) is 9.23. The molecule has 4 nitrogen and oxygen atoms in total. The largest absolute Gasteiger partial charge is 0.481 e. The molecular formula is C17H26O4. The summed E-state index contributed by atoms with van der Waals surface area (Å²) in [4.78, 5) is 24.5. The molecule has 0 spiro atoms. The van der Waals surface area contributed by atoms with E-state index in [1.807, 2.05) is 26.0 Å². The number of allylic oxidation sites excluding steroid dienone is 2. The van der Waals surface area contributed by atoms with Crippen LogP contribution in [0.4, 0.5) is 0 Å². The third-order valence-corrected chi connectivity index (χ3v) is 5.89. The number of hydrogen-bond donors (Lipinski definition) is 2. The minimum Gasteiger partial charge on any atom is -0.481 e. The van der Waals surface area contributed by atoms with Gasteiger partial charge in [0.15, 0.2) is 0 Å². The maximum Gasteiger partial charge on any atom is 0.311 e. The van der Waals surface area contributed by atoms with E-state index in [1.165, 1.54) is 0 Å². The average Bonchev–Trinajstić information content (AvgIpc) is 2.47. The molecule has 2 N–H and O–H groups in total. The number of carbonyl (C=O) groups is 2. The molecule has 0 amide bonds. The maximum atomic E-state index is 12.3. The molecule has 2 atom stereocenters. The Bertz CT molecular complexity index is 448. The van der Waals surface area contributed by atoms with E-state index in [4.69, 9.17) is 0 Å². The Morgan fingerprint density at radius 1 is 1.00 bits per heavy atom. The summed E-state index contributed by atoms with van der Waals surface area (Å²) in [6.45, 7) is 3.71. The van der Waals surface area contributed by atoms with Crippen molar-refractivity contribution in [3.63, 3.8) is 0 Å². The van der Waals surface area contributed by atoms with Gasteiger partial charge in [0.05, 0.1) is 10.8 Å². The van der Waals surface area contributed by atoms with Crippen LogP contribution < -0.4 is 0 Å². The second-order valence-electron chi connectivity index (χ2n) is 6.92. The quantitative estimate of drug-likeness (QED) is 0.775. The minimum absolute atomic E-state index is 0.0350. The van der Waals surface area contributed by atoms with Crippen LogP contribution >= 0.6 is 0 Å². The summed E-state index contributed by atoms with van der Waals surface area (Å²) < 4.78 is 0. The molecule has 21 heavy (non-hydrogen) atoms. The lowest BCUT2D eigenvalue weighted by Crippen LogP contribution is -2.60. The van der Waals surface area contributed by atoms with Gasteiger partial charge in [-0.1, -0.05) is 45.3 Å². The first kappa shape index (κ1) is 16.1. The summed E-state index contributed by atoms with van der Waals surface area (Å²) in [5.41, 5.74) is -2.36. The van der Waals surface area contributed by atoms with Crippen LogP contribution in [-0.2, 0) is 9.59 Å². The van der Waals surface area contributed by atoms with Gasteiger partial charge in [-0.05, 0) is 37.5 Å². The van der Waals surface area contributed by atoms with Crippen molar-refractivity contribution in [3.05, 3.63) is 12.2 Å². The van der Waals surface area contributed by atoms with Gasteiger partial charge in [-0.2, -0.15) is 0 Å². The molecule has 4 heteroatoms. The molecule has 0 heterocycles. The highest BCUT2D eigenvalue weighted by atomic mass is 16.4. The summed E-state index contributed by atoms with van der Waals surface area (Å²) in [6, 6.07) is 0. The van der Waals surface area contributed by atoms with Gasteiger partial charge in [0.2, 0.25) is 0 Å². The molecule has 2 rings (SSSR count). The van der Waals surface area contributed by atoms with Gasteiger partial charge in [-0.15, -0.1) is 0 Å². The van der Waals surface area contributed by atoms with Crippen molar-refractivity contribution in [1.82, 2.24) is 0 Å². The summed E-state index contributed by atoms with van der Waals surface area (Å²) >= 11 is 0. The van der Waals surface area contributed by atoms with Crippen LogP contribution in [0, 0.1) is 22.7 Å². The zero-order chi connectivity index (χ0) is 15.7. The molecule has 0 radical (unpaired) electrons. The molecule has 0 aromatic heterocycles. The Morgan fingerprint density at radius 2 is 1.57 bits per heavy atom. The molecule has 1 fully saturated rings. The third-order valence-electron chi connectivity index (χ3n) is 5.89.